The molecule has 82 valence electrons. The predicted molar refractivity (Wildman–Crippen MR) is 62.7 cm³/mol. The van der Waals surface area contributed by atoms with Gasteiger partial charge < -0.3 is 10.6 Å². The van der Waals surface area contributed by atoms with Crippen LogP contribution in [-0.4, -0.2) is 19.0 Å². The molecule has 0 fully saturated rings. The van der Waals surface area contributed by atoms with Crippen LogP contribution >= 0.6 is 0 Å². The number of para-hydroxylation sites is 1. The van der Waals surface area contributed by atoms with Gasteiger partial charge in [-0.1, -0.05) is 25.1 Å². The number of amides is 1. The van der Waals surface area contributed by atoms with Gasteiger partial charge in [-0.25, -0.2) is 0 Å². The molecule has 2 N–H and O–H groups in total. The molecule has 1 aromatic rings. The number of hydrogen-bond acceptors (Lipinski definition) is 2. The van der Waals surface area contributed by atoms with Crippen molar-refractivity contribution in [2.24, 2.45) is 11.7 Å². The highest BCUT2D eigenvalue weighted by Gasteiger charge is 2.13. The normalized spacial score (nSPS) is 12.1. The van der Waals surface area contributed by atoms with E-state index < -0.39 is 0 Å². The van der Waals surface area contributed by atoms with Crippen LogP contribution in [0.4, 0.5) is 5.69 Å². The molecule has 3 heteroatoms. The van der Waals surface area contributed by atoms with Crippen LogP contribution in [-0.2, 0) is 4.79 Å². The molecule has 0 heterocycles. The van der Waals surface area contributed by atoms with Crippen molar-refractivity contribution in [1.82, 2.24) is 0 Å². The Kier molecular flexibility index (Phi) is 4.16. The predicted octanol–water partition coefficient (Wildman–Crippen LogP) is 1.63. The summed E-state index contributed by atoms with van der Waals surface area (Å²) >= 11 is 0. The topological polar surface area (TPSA) is 46.3 Å². The summed E-state index contributed by atoms with van der Waals surface area (Å²) in [5.74, 6) is -0.366. The fourth-order valence-electron chi connectivity index (χ4n) is 1.48. The third-order valence-corrected chi connectivity index (χ3v) is 2.48. The zero-order chi connectivity index (χ0) is 11.3. The van der Waals surface area contributed by atoms with Crippen molar-refractivity contribution in [3.63, 3.8) is 0 Å². The Morgan fingerprint density at radius 2 is 2.00 bits per heavy atom. The molecule has 1 aromatic carbocycles. The lowest BCUT2D eigenvalue weighted by Gasteiger charge is -2.25. The minimum absolute atomic E-state index is 0.120. The van der Waals surface area contributed by atoms with Gasteiger partial charge >= 0.3 is 0 Å². The maximum absolute atomic E-state index is 11.0. The van der Waals surface area contributed by atoms with Gasteiger partial charge in [0.05, 0.1) is 5.92 Å². The summed E-state index contributed by atoms with van der Waals surface area (Å²) in [6.45, 7) is 5.48. The average molecular weight is 206 g/mol. The molecule has 0 aromatic heterocycles. The molecule has 1 amide bonds. The molecule has 0 radical (unpaired) electrons. The Morgan fingerprint density at radius 1 is 1.40 bits per heavy atom. The standard InChI is InChI=1S/C12H18N2O/c1-3-14(9-10(2)12(13)15)11-7-5-4-6-8-11/h4-8,10H,3,9H2,1-2H3,(H2,13,15). The van der Waals surface area contributed by atoms with E-state index in [1.807, 2.05) is 37.3 Å². The summed E-state index contributed by atoms with van der Waals surface area (Å²) in [4.78, 5) is 13.1. The van der Waals surface area contributed by atoms with Gasteiger partial charge in [-0.05, 0) is 19.1 Å². The highest BCUT2D eigenvalue weighted by molar-refractivity contribution is 5.77. The largest absolute Gasteiger partial charge is 0.371 e. The molecular weight excluding hydrogens is 188 g/mol. The Morgan fingerprint density at radius 3 is 2.47 bits per heavy atom. The SMILES string of the molecule is CCN(CC(C)C(N)=O)c1ccccc1. The summed E-state index contributed by atoms with van der Waals surface area (Å²) in [5, 5.41) is 0. The maximum atomic E-state index is 11.0. The Bertz CT molecular complexity index is 311. The molecule has 1 unspecified atom stereocenters. The van der Waals surface area contributed by atoms with E-state index in [2.05, 4.69) is 11.8 Å². The van der Waals surface area contributed by atoms with Crippen molar-refractivity contribution >= 4 is 11.6 Å². The van der Waals surface area contributed by atoms with Gasteiger partial charge in [0.1, 0.15) is 0 Å². The van der Waals surface area contributed by atoms with Crippen molar-refractivity contribution in [1.29, 1.82) is 0 Å². The smallest absolute Gasteiger partial charge is 0.222 e. The molecule has 0 bridgehead atoms. The number of benzene rings is 1. The van der Waals surface area contributed by atoms with E-state index >= 15 is 0 Å². The van der Waals surface area contributed by atoms with Crippen LogP contribution in [0.25, 0.3) is 0 Å². The maximum Gasteiger partial charge on any atom is 0.222 e. The zero-order valence-corrected chi connectivity index (χ0v) is 9.31. The van der Waals surface area contributed by atoms with Gasteiger partial charge in [-0.3, -0.25) is 4.79 Å². The first-order valence-electron chi connectivity index (χ1n) is 5.24. The molecular formula is C12H18N2O. The van der Waals surface area contributed by atoms with Crippen LogP contribution in [0.3, 0.4) is 0 Å². The lowest BCUT2D eigenvalue weighted by molar-refractivity contribution is -0.121. The lowest BCUT2D eigenvalue weighted by atomic mass is 10.1. The van der Waals surface area contributed by atoms with E-state index in [4.69, 9.17) is 5.73 Å². The molecule has 15 heavy (non-hydrogen) atoms. The number of primary amides is 1. The van der Waals surface area contributed by atoms with Crippen molar-refractivity contribution in [2.45, 2.75) is 13.8 Å². The lowest BCUT2D eigenvalue weighted by Crippen LogP contribution is -2.34. The fourth-order valence-corrected chi connectivity index (χ4v) is 1.48. The third kappa shape index (κ3) is 3.27. The molecule has 1 atom stereocenters. The van der Waals surface area contributed by atoms with Crippen molar-refractivity contribution in [2.75, 3.05) is 18.0 Å². The molecule has 0 aliphatic rings. The summed E-state index contributed by atoms with van der Waals surface area (Å²) in [6, 6.07) is 10.0. The number of nitrogens with zero attached hydrogens (tertiary/aromatic N) is 1. The number of nitrogens with two attached hydrogens (primary N) is 1. The number of hydrogen-bond donors (Lipinski definition) is 1. The van der Waals surface area contributed by atoms with E-state index in [1.54, 1.807) is 0 Å². The Hall–Kier alpha value is -1.51. The highest BCUT2D eigenvalue weighted by atomic mass is 16.1. The van der Waals surface area contributed by atoms with E-state index in [9.17, 15) is 4.79 Å². The summed E-state index contributed by atoms with van der Waals surface area (Å²) in [6.07, 6.45) is 0. The van der Waals surface area contributed by atoms with Gasteiger partial charge in [0.2, 0.25) is 5.91 Å². The van der Waals surface area contributed by atoms with Crippen molar-refractivity contribution in [3.8, 4) is 0 Å². The zero-order valence-electron chi connectivity index (χ0n) is 9.31. The van der Waals surface area contributed by atoms with Crippen molar-refractivity contribution < 1.29 is 4.79 Å². The molecule has 0 saturated heterocycles. The summed E-state index contributed by atoms with van der Waals surface area (Å²) in [7, 11) is 0. The van der Waals surface area contributed by atoms with E-state index in [0.29, 0.717) is 6.54 Å². The molecule has 0 spiro atoms. The van der Waals surface area contributed by atoms with Gasteiger partial charge in [0.15, 0.2) is 0 Å². The minimum atomic E-state index is -0.246. The molecule has 1 rings (SSSR count). The highest BCUT2D eigenvalue weighted by Crippen LogP contribution is 2.14. The van der Waals surface area contributed by atoms with E-state index in [1.165, 1.54) is 0 Å². The second-order valence-corrected chi connectivity index (χ2v) is 3.68. The number of carbonyl (C=O) groups excluding carboxylic acids is 1. The molecule has 0 saturated carbocycles. The summed E-state index contributed by atoms with van der Waals surface area (Å²) < 4.78 is 0. The molecule has 0 aliphatic heterocycles. The first-order chi connectivity index (χ1) is 7.15. The van der Waals surface area contributed by atoms with Crippen LogP contribution < -0.4 is 10.6 Å². The fraction of sp³-hybridized carbons (Fsp3) is 0.417. The second-order valence-electron chi connectivity index (χ2n) is 3.68. The quantitative estimate of drug-likeness (QED) is 0.796. The number of carbonyl (C=O) groups is 1. The second kappa shape index (κ2) is 5.39. The van der Waals surface area contributed by atoms with Crippen LogP contribution in [0.15, 0.2) is 30.3 Å². The van der Waals surface area contributed by atoms with Crippen LogP contribution in [0.1, 0.15) is 13.8 Å². The first-order valence-corrected chi connectivity index (χ1v) is 5.24. The van der Waals surface area contributed by atoms with E-state index in [-0.39, 0.29) is 11.8 Å². The van der Waals surface area contributed by atoms with Gasteiger partial charge in [-0.15, -0.1) is 0 Å². The summed E-state index contributed by atoms with van der Waals surface area (Å²) in [5.41, 5.74) is 6.38. The first kappa shape index (κ1) is 11.6. The monoisotopic (exact) mass is 206 g/mol. The van der Waals surface area contributed by atoms with Gasteiger partial charge in [0.25, 0.3) is 0 Å². The van der Waals surface area contributed by atoms with Crippen LogP contribution in [0.2, 0.25) is 0 Å². The number of rotatable bonds is 5. The van der Waals surface area contributed by atoms with Gasteiger partial charge in [0, 0.05) is 18.8 Å². The molecule has 3 nitrogen and oxygen atoms in total. The van der Waals surface area contributed by atoms with Crippen LogP contribution in [0, 0.1) is 5.92 Å². The molecule has 0 aliphatic carbocycles. The van der Waals surface area contributed by atoms with Crippen molar-refractivity contribution in [3.05, 3.63) is 30.3 Å². The average Bonchev–Trinajstić information content (AvgIpc) is 2.26. The Balaban J connectivity index is 2.69. The third-order valence-electron chi connectivity index (χ3n) is 2.48. The Labute approximate surface area is 90.9 Å². The van der Waals surface area contributed by atoms with Gasteiger partial charge in [-0.2, -0.15) is 0 Å². The number of anilines is 1. The van der Waals surface area contributed by atoms with E-state index in [0.717, 1.165) is 12.2 Å². The van der Waals surface area contributed by atoms with Crippen LogP contribution in [0.5, 0.6) is 0 Å². The minimum Gasteiger partial charge on any atom is -0.371 e.